The summed E-state index contributed by atoms with van der Waals surface area (Å²) in [6, 6.07) is 9.29. The summed E-state index contributed by atoms with van der Waals surface area (Å²) in [6.07, 6.45) is 3.47. The Bertz CT molecular complexity index is 1420. The van der Waals surface area contributed by atoms with Crippen molar-refractivity contribution in [2.24, 2.45) is 14.1 Å². The number of anilines is 2. The fourth-order valence-corrected chi connectivity index (χ4v) is 4.29. The molecule has 0 spiro atoms. The molecule has 0 aliphatic carbocycles. The highest BCUT2D eigenvalue weighted by Gasteiger charge is 2.26. The molecule has 0 saturated carbocycles. The van der Waals surface area contributed by atoms with E-state index in [9.17, 15) is 9.59 Å². The Balaban J connectivity index is 1.57. The average Bonchev–Trinajstić information content (AvgIpc) is 3.22. The van der Waals surface area contributed by atoms with Crippen molar-refractivity contribution in [1.29, 1.82) is 0 Å². The van der Waals surface area contributed by atoms with Gasteiger partial charge in [-0.25, -0.2) is 14.8 Å². The van der Waals surface area contributed by atoms with Gasteiger partial charge in [-0.1, -0.05) is 23.7 Å². The highest BCUT2D eigenvalue weighted by Crippen LogP contribution is 2.24. The lowest BCUT2D eigenvalue weighted by Gasteiger charge is -2.35. The third-order valence-electron chi connectivity index (χ3n) is 5.98. The van der Waals surface area contributed by atoms with E-state index in [0.29, 0.717) is 60.8 Å². The Labute approximate surface area is 194 Å². The molecule has 5 rings (SSSR count). The van der Waals surface area contributed by atoms with Crippen molar-refractivity contribution >= 4 is 34.7 Å². The van der Waals surface area contributed by atoms with E-state index in [1.54, 1.807) is 25.5 Å². The van der Waals surface area contributed by atoms with Gasteiger partial charge >= 0.3 is 5.69 Å². The van der Waals surface area contributed by atoms with Gasteiger partial charge in [0, 0.05) is 57.7 Å². The topological polar surface area (TPSA) is 94.1 Å². The van der Waals surface area contributed by atoms with Gasteiger partial charge in [0.05, 0.1) is 6.54 Å². The zero-order valence-electron chi connectivity index (χ0n) is 18.3. The Morgan fingerprint density at radius 2 is 1.55 bits per heavy atom. The summed E-state index contributed by atoms with van der Waals surface area (Å²) in [5.74, 6) is 1.36. The number of hydrogen-bond donors (Lipinski definition) is 0. The standard InChI is InChI=1S/C22H23ClN8O2/c1-27-18-17(19(32)28(2)22(27)33)31(14-15-4-6-16(23)7-5-15)21(26-18)30-12-10-29(11-13-30)20-24-8-3-9-25-20/h3-9H,10-14H2,1-2H3. The molecule has 11 heteroatoms. The average molecular weight is 467 g/mol. The van der Waals surface area contributed by atoms with E-state index in [1.165, 1.54) is 11.6 Å². The maximum absolute atomic E-state index is 13.1. The minimum absolute atomic E-state index is 0.364. The number of nitrogens with zero attached hydrogens (tertiary/aromatic N) is 8. The summed E-state index contributed by atoms with van der Waals surface area (Å²) in [5, 5.41) is 0.645. The van der Waals surface area contributed by atoms with E-state index in [1.807, 2.05) is 28.8 Å². The van der Waals surface area contributed by atoms with Crippen LogP contribution in [0.3, 0.4) is 0 Å². The second-order valence-corrected chi connectivity index (χ2v) is 8.46. The highest BCUT2D eigenvalue weighted by molar-refractivity contribution is 6.30. The zero-order chi connectivity index (χ0) is 23.1. The van der Waals surface area contributed by atoms with Gasteiger partial charge in [-0.05, 0) is 23.8 Å². The van der Waals surface area contributed by atoms with Crippen LogP contribution in [-0.4, -0.2) is 54.8 Å². The number of halogens is 1. The SMILES string of the molecule is Cn1c(=O)c2c(nc(N3CCN(c4ncccn4)CC3)n2Cc2ccc(Cl)cc2)n(C)c1=O. The minimum Gasteiger partial charge on any atom is -0.339 e. The number of fused-ring (bicyclic) bond motifs is 1. The number of hydrogen-bond acceptors (Lipinski definition) is 7. The van der Waals surface area contributed by atoms with Crippen LogP contribution in [0.15, 0.2) is 52.3 Å². The number of rotatable bonds is 4. The van der Waals surface area contributed by atoms with Crippen LogP contribution in [0.5, 0.6) is 0 Å². The number of aromatic nitrogens is 6. The molecule has 1 saturated heterocycles. The Hall–Kier alpha value is -3.66. The van der Waals surface area contributed by atoms with Gasteiger partial charge in [0.25, 0.3) is 5.56 Å². The molecule has 33 heavy (non-hydrogen) atoms. The van der Waals surface area contributed by atoms with Gasteiger partial charge in [-0.2, -0.15) is 4.98 Å². The Kier molecular flexibility index (Phi) is 5.37. The summed E-state index contributed by atoms with van der Waals surface area (Å²) in [5.41, 5.74) is 0.991. The lowest BCUT2D eigenvalue weighted by atomic mass is 10.2. The van der Waals surface area contributed by atoms with E-state index in [4.69, 9.17) is 16.6 Å². The van der Waals surface area contributed by atoms with Gasteiger partial charge in [-0.15, -0.1) is 0 Å². The predicted octanol–water partition coefficient (Wildman–Crippen LogP) is 1.25. The van der Waals surface area contributed by atoms with Crippen molar-refractivity contribution in [2.75, 3.05) is 36.0 Å². The van der Waals surface area contributed by atoms with Crippen molar-refractivity contribution in [3.8, 4) is 0 Å². The number of piperazine rings is 1. The number of imidazole rings is 1. The van der Waals surface area contributed by atoms with Crippen molar-refractivity contribution in [3.05, 3.63) is 74.1 Å². The van der Waals surface area contributed by atoms with Crippen LogP contribution in [-0.2, 0) is 20.6 Å². The molecular weight excluding hydrogens is 444 g/mol. The molecule has 0 amide bonds. The Morgan fingerprint density at radius 1 is 0.909 bits per heavy atom. The first-order valence-corrected chi connectivity index (χ1v) is 11.0. The highest BCUT2D eigenvalue weighted by atomic mass is 35.5. The van der Waals surface area contributed by atoms with Crippen LogP contribution < -0.4 is 21.0 Å². The van der Waals surface area contributed by atoms with E-state index in [2.05, 4.69) is 19.8 Å². The number of aryl methyl sites for hydroxylation is 1. The summed E-state index contributed by atoms with van der Waals surface area (Å²) in [6.45, 7) is 3.21. The minimum atomic E-state index is -0.402. The van der Waals surface area contributed by atoms with Crippen molar-refractivity contribution in [2.45, 2.75) is 6.54 Å². The molecule has 170 valence electrons. The molecule has 0 unspecified atom stereocenters. The van der Waals surface area contributed by atoms with Gasteiger partial charge < -0.3 is 9.80 Å². The molecular formula is C22H23ClN8O2. The van der Waals surface area contributed by atoms with Crippen LogP contribution >= 0.6 is 11.6 Å². The molecule has 0 bridgehead atoms. The van der Waals surface area contributed by atoms with E-state index in [-0.39, 0.29) is 5.56 Å². The molecule has 1 aliphatic rings. The monoisotopic (exact) mass is 466 g/mol. The first-order chi connectivity index (χ1) is 15.9. The number of benzene rings is 1. The van der Waals surface area contributed by atoms with E-state index in [0.717, 1.165) is 10.1 Å². The summed E-state index contributed by atoms with van der Waals surface area (Å²) >= 11 is 6.06. The van der Waals surface area contributed by atoms with Gasteiger partial charge in [0.15, 0.2) is 11.2 Å². The summed E-state index contributed by atoms with van der Waals surface area (Å²) in [4.78, 5) is 43.4. The quantitative estimate of drug-likeness (QED) is 0.446. The van der Waals surface area contributed by atoms with Crippen molar-refractivity contribution < 1.29 is 0 Å². The maximum Gasteiger partial charge on any atom is 0.332 e. The molecule has 4 aromatic rings. The lowest BCUT2D eigenvalue weighted by molar-refractivity contribution is 0.615. The molecule has 0 atom stereocenters. The molecule has 1 aromatic carbocycles. The van der Waals surface area contributed by atoms with Crippen molar-refractivity contribution in [3.63, 3.8) is 0 Å². The fourth-order valence-electron chi connectivity index (χ4n) is 4.16. The molecule has 1 fully saturated rings. The van der Waals surface area contributed by atoms with Crippen molar-refractivity contribution in [1.82, 2.24) is 28.7 Å². The molecule has 0 radical (unpaired) electrons. The van der Waals surface area contributed by atoms with E-state index < -0.39 is 5.69 Å². The molecule has 1 aliphatic heterocycles. The summed E-state index contributed by atoms with van der Waals surface area (Å²) < 4.78 is 4.44. The molecule has 3 aromatic heterocycles. The van der Waals surface area contributed by atoms with Crippen LogP contribution in [0.2, 0.25) is 5.02 Å². The second-order valence-electron chi connectivity index (χ2n) is 8.03. The smallest absolute Gasteiger partial charge is 0.332 e. The lowest BCUT2D eigenvalue weighted by Crippen LogP contribution is -2.48. The summed E-state index contributed by atoms with van der Waals surface area (Å²) in [7, 11) is 3.13. The van der Waals surface area contributed by atoms with Crippen LogP contribution in [0.25, 0.3) is 11.2 Å². The Morgan fingerprint density at radius 3 is 2.21 bits per heavy atom. The largest absolute Gasteiger partial charge is 0.339 e. The second kappa shape index (κ2) is 8.36. The zero-order valence-corrected chi connectivity index (χ0v) is 19.1. The van der Waals surface area contributed by atoms with Gasteiger partial charge in [0.2, 0.25) is 11.9 Å². The molecule has 0 N–H and O–H groups in total. The normalized spacial score (nSPS) is 14.3. The van der Waals surface area contributed by atoms with Gasteiger partial charge in [0.1, 0.15) is 0 Å². The predicted molar refractivity (Wildman–Crippen MR) is 127 cm³/mol. The molecule has 4 heterocycles. The van der Waals surface area contributed by atoms with E-state index >= 15 is 0 Å². The third-order valence-corrected chi connectivity index (χ3v) is 6.23. The first kappa shape index (κ1) is 21.2. The van der Waals surface area contributed by atoms with Crippen LogP contribution in [0.1, 0.15) is 5.56 Å². The first-order valence-electron chi connectivity index (χ1n) is 10.6. The van der Waals surface area contributed by atoms with Crippen LogP contribution in [0, 0.1) is 0 Å². The van der Waals surface area contributed by atoms with Crippen LogP contribution in [0.4, 0.5) is 11.9 Å². The fraction of sp³-hybridized carbons (Fsp3) is 0.318. The van der Waals surface area contributed by atoms with Gasteiger partial charge in [-0.3, -0.25) is 18.5 Å². The third kappa shape index (κ3) is 3.76. The molecule has 10 nitrogen and oxygen atoms in total. The maximum atomic E-state index is 13.1.